The van der Waals surface area contributed by atoms with Gasteiger partial charge in [0.15, 0.2) is 11.5 Å². The quantitative estimate of drug-likeness (QED) is 0.221. The Balaban J connectivity index is 1.54. The summed E-state index contributed by atoms with van der Waals surface area (Å²) in [6, 6.07) is 21.7. The molecule has 1 aliphatic heterocycles. The van der Waals surface area contributed by atoms with Gasteiger partial charge < -0.3 is 19.3 Å². The molecular formula is C29H32O5S. The molecule has 0 aliphatic carbocycles. The van der Waals surface area contributed by atoms with Crippen LogP contribution in [0.5, 0.6) is 17.2 Å². The lowest BCUT2D eigenvalue weighted by Gasteiger charge is -2.36. The minimum Gasteiger partial charge on any atom is -0.454 e. The first-order valence-corrected chi connectivity index (χ1v) is 12.7. The topological polar surface area (TPSA) is 65.0 Å². The minimum absolute atomic E-state index is 0.235. The summed E-state index contributed by atoms with van der Waals surface area (Å²) in [6.45, 7) is 7.82. The average molecular weight is 493 g/mol. The van der Waals surface area contributed by atoms with Gasteiger partial charge in [0.2, 0.25) is 6.79 Å². The van der Waals surface area contributed by atoms with Crippen molar-refractivity contribution in [3.8, 4) is 17.2 Å². The largest absolute Gasteiger partial charge is 0.454 e. The van der Waals surface area contributed by atoms with Gasteiger partial charge >= 0.3 is 5.97 Å². The van der Waals surface area contributed by atoms with Crippen LogP contribution in [0.2, 0.25) is 0 Å². The third-order valence-corrected chi connectivity index (χ3v) is 7.94. The molecule has 0 unspecified atom stereocenters. The van der Waals surface area contributed by atoms with Crippen molar-refractivity contribution in [1.82, 2.24) is 0 Å². The van der Waals surface area contributed by atoms with Crippen LogP contribution in [-0.4, -0.2) is 28.7 Å². The number of ether oxygens (including phenoxy) is 3. The second-order valence-electron chi connectivity index (χ2n) is 9.29. The molecule has 3 aromatic rings. The molecule has 0 radical (unpaired) electrons. The number of hydrogen-bond donors (Lipinski definition) is 1. The number of rotatable bonds is 9. The molecule has 0 saturated carbocycles. The number of carbonyl (C=O) groups excluding carboxylic acids is 1. The number of esters is 1. The lowest BCUT2D eigenvalue weighted by Crippen LogP contribution is -2.45. The number of hydrogen-bond acceptors (Lipinski definition) is 6. The molecule has 184 valence electrons. The summed E-state index contributed by atoms with van der Waals surface area (Å²) in [5.74, 6) is 0.906. The van der Waals surface area contributed by atoms with E-state index >= 15 is 0 Å². The molecule has 5 nitrogen and oxygen atoms in total. The van der Waals surface area contributed by atoms with E-state index in [1.54, 1.807) is 18.7 Å². The highest BCUT2D eigenvalue weighted by molar-refractivity contribution is 8.00. The van der Waals surface area contributed by atoms with Crippen LogP contribution in [0.4, 0.5) is 0 Å². The highest BCUT2D eigenvalue weighted by Crippen LogP contribution is 2.42. The summed E-state index contributed by atoms with van der Waals surface area (Å²) < 4.78 is 16.1. The van der Waals surface area contributed by atoms with Gasteiger partial charge in [0.05, 0.1) is 12.0 Å². The number of carbonyl (C=O) groups is 1. The van der Waals surface area contributed by atoms with Crippen LogP contribution < -0.4 is 14.2 Å². The molecule has 0 amide bonds. The maximum absolute atomic E-state index is 13.1. The number of thioether (sulfide) groups is 1. The zero-order valence-corrected chi connectivity index (χ0v) is 21.4. The number of fused-ring (bicyclic) bond motifs is 1. The minimum atomic E-state index is -0.932. The van der Waals surface area contributed by atoms with Crippen LogP contribution in [0.3, 0.4) is 0 Å². The Labute approximate surface area is 211 Å². The summed E-state index contributed by atoms with van der Waals surface area (Å²) in [5, 5.41) is 11.6. The van der Waals surface area contributed by atoms with Crippen LogP contribution in [0.15, 0.2) is 71.6 Å². The first kappa shape index (κ1) is 25.1. The van der Waals surface area contributed by atoms with Crippen LogP contribution in [-0.2, 0) is 11.2 Å². The summed E-state index contributed by atoms with van der Waals surface area (Å²) in [7, 11) is 0. The Morgan fingerprint density at radius 1 is 1.03 bits per heavy atom. The van der Waals surface area contributed by atoms with E-state index in [2.05, 4.69) is 0 Å². The van der Waals surface area contributed by atoms with Gasteiger partial charge in [0.1, 0.15) is 5.75 Å². The predicted octanol–water partition coefficient (Wildman–Crippen LogP) is 6.12. The van der Waals surface area contributed by atoms with Crippen molar-refractivity contribution in [2.24, 2.45) is 5.92 Å². The molecule has 0 fully saturated rings. The van der Waals surface area contributed by atoms with Gasteiger partial charge in [-0.3, -0.25) is 4.79 Å². The van der Waals surface area contributed by atoms with Gasteiger partial charge in [0.25, 0.3) is 0 Å². The standard InChI is InChI=1S/C29H32O5S/c1-19-9-8-10-20(2)26(19)34-28(31)21(3)27(30)29(4,35-23-11-6-5-7-12-23)16-15-22-13-14-24-25(17-22)33-18-32-24/h5-14,17,21,27,30H,15-16,18H2,1-4H3/t21-,27+,29+/m1/s1. The lowest BCUT2D eigenvalue weighted by molar-refractivity contribution is -0.142. The summed E-state index contributed by atoms with van der Waals surface area (Å²) in [5.41, 5.74) is 2.88. The molecule has 1 N–H and O–H groups in total. The summed E-state index contributed by atoms with van der Waals surface area (Å²) >= 11 is 1.59. The smallest absolute Gasteiger partial charge is 0.316 e. The van der Waals surface area contributed by atoms with Crippen LogP contribution >= 0.6 is 11.8 Å². The maximum Gasteiger partial charge on any atom is 0.316 e. The molecule has 4 rings (SSSR count). The molecule has 0 bridgehead atoms. The van der Waals surface area contributed by atoms with E-state index in [1.165, 1.54) is 0 Å². The highest BCUT2D eigenvalue weighted by atomic mass is 32.2. The summed E-state index contributed by atoms with van der Waals surface area (Å²) in [6.07, 6.45) is 0.426. The van der Waals surface area contributed by atoms with Crippen molar-refractivity contribution < 1.29 is 24.1 Å². The molecule has 3 atom stereocenters. The Morgan fingerprint density at radius 2 is 1.71 bits per heavy atom. The number of aliphatic hydroxyl groups excluding tert-OH is 1. The second-order valence-corrected chi connectivity index (χ2v) is 10.9. The number of aryl methyl sites for hydroxylation is 3. The molecule has 0 saturated heterocycles. The van der Waals surface area contributed by atoms with E-state index in [0.717, 1.165) is 33.1 Å². The SMILES string of the molecule is Cc1cccc(C)c1OC(=O)[C@H](C)[C@H](O)[C@](C)(CCc1ccc2c(c1)OCO2)Sc1ccccc1. The third kappa shape index (κ3) is 5.82. The van der Waals surface area contributed by atoms with Crippen molar-refractivity contribution in [3.05, 3.63) is 83.4 Å². The monoisotopic (exact) mass is 492 g/mol. The predicted molar refractivity (Wildman–Crippen MR) is 138 cm³/mol. The third-order valence-electron chi connectivity index (χ3n) is 6.52. The zero-order valence-electron chi connectivity index (χ0n) is 20.6. The van der Waals surface area contributed by atoms with Gasteiger partial charge in [0, 0.05) is 9.64 Å². The number of aliphatic hydroxyl groups is 1. The molecule has 6 heteroatoms. The summed E-state index contributed by atoms with van der Waals surface area (Å²) in [4.78, 5) is 14.2. The Bertz CT molecular complexity index is 1160. The maximum atomic E-state index is 13.1. The van der Waals surface area contributed by atoms with Crippen molar-refractivity contribution in [3.63, 3.8) is 0 Å². The van der Waals surface area contributed by atoms with E-state index in [4.69, 9.17) is 14.2 Å². The van der Waals surface area contributed by atoms with Crippen LogP contribution in [0.25, 0.3) is 0 Å². The van der Waals surface area contributed by atoms with Crippen molar-refractivity contribution >= 4 is 17.7 Å². The van der Waals surface area contributed by atoms with Gasteiger partial charge in [-0.2, -0.15) is 0 Å². The normalized spacial score (nSPS) is 15.8. The van der Waals surface area contributed by atoms with Crippen LogP contribution in [0.1, 0.15) is 37.0 Å². The first-order valence-electron chi connectivity index (χ1n) is 11.9. The van der Waals surface area contributed by atoms with Crippen molar-refractivity contribution in [1.29, 1.82) is 0 Å². The Hall–Kier alpha value is -2.96. The van der Waals surface area contributed by atoms with Crippen molar-refractivity contribution in [2.45, 2.75) is 56.3 Å². The molecule has 1 heterocycles. The first-order chi connectivity index (χ1) is 16.8. The number of para-hydroxylation sites is 1. The molecule has 1 aliphatic rings. The van der Waals surface area contributed by atoms with Crippen molar-refractivity contribution in [2.75, 3.05) is 6.79 Å². The van der Waals surface area contributed by atoms with Crippen LogP contribution in [0, 0.1) is 19.8 Å². The average Bonchev–Trinajstić information content (AvgIpc) is 3.33. The fourth-order valence-electron chi connectivity index (χ4n) is 4.32. The van der Waals surface area contributed by atoms with E-state index in [-0.39, 0.29) is 6.79 Å². The number of benzene rings is 3. The van der Waals surface area contributed by atoms with Gasteiger partial charge in [-0.25, -0.2) is 0 Å². The van der Waals surface area contributed by atoms with E-state index in [9.17, 15) is 9.90 Å². The molecule has 35 heavy (non-hydrogen) atoms. The highest BCUT2D eigenvalue weighted by Gasteiger charge is 2.41. The lowest BCUT2D eigenvalue weighted by atomic mass is 9.87. The van der Waals surface area contributed by atoms with Gasteiger partial charge in [-0.05, 0) is 81.5 Å². The molecular weight excluding hydrogens is 460 g/mol. The Morgan fingerprint density at radius 3 is 2.43 bits per heavy atom. The van der Waals surface area contributed by atoms with E-state index in [0.29, 0.717) is 18.6 Å². The van der Waals surface area contributed by atoms with E-state index in [1.807, 2.05) is 87.5 Å². The van der Waals surface area contributed by atoms with E-state index < -0.39 is 22.7 Å². The molecule has 0 aromatic heterocycles. The fourth-order valence-corrected chi connectivity index (χ4v) is 5.68. The van der Waals surface area contributed by atoms with Gasteiger partial charge in [-0.1, -0.05) is 42.5 Å². The van der Waals surface area contributed by atoms with Gasteiger partial charge in [-0.15, -0.1) is 11.8 Å². The molecule has 0 spiro atoms. The second kappa shape index (κ2) is 10.8. The fraction of sp³-hybridized carbons (Fsp3) is 0.345. The zero-order chi connectivity index (χ0) is 25.0. The molecule has 3 aromatic carbocycles. The Kier molecular flexibility index (Phi) is 7.72.